The zero-order valence-electron chi connectivity index (χ0n) is 33.6. The van der Waals surface area contributed by atoms with E-state index in [1.807, 2.05) is 0 Å². The molecule has 1 unspecified atom stereocenters. The Morgan fingerprint density at radius 3 is 1.76 bits per heavy atom. The first kappa shape index (κ1) is 34.1. The van der Waals surface area contributed by atoms with Gasteiger partial charge in [0, 0.05) is 22.2 Å². The third kappa shape index (κ3) is 4.51. The average Bonchev–Trinajstić information content (AvgIpc) is 3.71. The zero-order chi connectivity index (χ0) is 39.5. The summed E-state index contributed by atoms with van der Waals surface area (Å²) >= 11 is 0. The van der Waals surface area contributed by atoms with Gasteiger partial charge in [0.05, 0.1) is 16.8 Å². The molecule has 59 heavy (non-hydrogen) atoms. The summed E-state index contributed by atoms with van der Waals surface area (Å²) in [6.07, 6.45) is 0.947. The van der Waals surface area contributed by atoms with Crippen LogP contribution >= 0.6 is 0 Å². The van der Waals surface area contributed by atoms with E-state index >= 15 is 0 Å². The van der Waals surface area contributed by atoms with Crippen molar-refractivity contribution in [1.29, 1.82) is 0 Å². The SMILES string of the molecule is CCc1ccc2cccc3c2c1C1(c2ccccc2-c2ccc(N(c4ccccc4-c4ccccc4)c4cccc5c4-c4ccccc4C5(C)C)cc21)c1ccccc1-3. The molecule has 9 aromatic rings. The first-order valence-electron chi connectivity index (χ1n) is 21.1. The molecule has 0 fully saturated rings. The highest BCUT2D eigenvalue weighted by Gasteiger charge is 2.51. The van der Waals surface area contributed by atoms with Crippen LogP contribution in [-0.4, -0.2) is 0 Å². The molecule has 280 valence electrons. The third-order valence-corrected chi connectivity index (χ3v) is 13.9. The highest BCUT2D eigenvalue weighted by Crippen LogP contribution is 2.64. The number of nitrogens with zero attached hydrogens (tertiary/aromatic N) is 1. The van der Waals surface area contributed by atoms with Crippen LogP contribution in [-0.2, 0) is 17.3 Å². The van der Waals surface area contributed by atoms with Gasteiger partial charge in [0.25, 0.3) is 0 Å². The van der Waals surface area contributed by atoms with E-state index in [9.17, 15) is 0 Å². The van der Waals surface area contributed by atoms with E-state index in [1.54, 1.807) is 0 Å². The molecule has 0 heterocycles. The molecule has 0 N–H and O–H groups in total. The molecule has 0 saturated carbocycles. The van der Waals surface area contributed by atoms with Gasteiger partial charge in [-0.25, -0.2) is 0 Å². The number of para-hydroxylation sites is 1. The lowest BCUT2D eigenvalue weighted by Gasteiger charge is -2.41. The molecule has 3 aliphatic rings. The van der Waals surface area contributed by atoms with Crippen molar-refractivity contribution in [1.82, 2.24) is 0 Å². The van der Waals surface area contributed by atoms with Crippen molar-refractivity contribution in [2.75, 3.05) is 4.90 Å². The molecule has 0 amide bonds. The Morgan fingerprint density at radius 2 is 1.00 bits per heavy atom. The first-order valence-corrected chi connectivity index (χ1v) is 21.1. The van der Waals surface area contributed by atoms with Gasteiger partial charge in [-0.2, -0.15) is 0 Å². The van der Waals surface area contributed by atoms with E-state index in [4.69, 9.17) is 0 Å². The summed E-state index contributed by atoms with van der Waals surface area (Å²) in [5.41, 5.74) is 22.8. The minimum atomic E-state index is -0.518. The van der Waals surface area contributed by atoms with Crippen LogP contribution in [0.5, 0.6) is 0 Å². The lowest BCUT2D eigenvalue weighted by atomic mass is 9.60. The van der Waals surface area contributed by atoms with E-state index in [0.717, 1.165) is 17.8 Å². The number of benzene rings is 9. The number of rotatable bonds is 5. The molecule has 9 aromatic carbocycles. The monoisotopic (exact) mass is 753 g/mol. The Hall–Kier alpha value is -6.96. The normalized spacial score (nSPS) is 16.0. The number of hydrogen-bond donors (Lipinski definition) is 0. The van der Waals surface area contributed by atoms with E-state index in [-0.39, 0.29) is 5.41 Å². The molecule has 12 rings (SSSR count). The highest BCUT2D eigenvalue weighted by atomic mass is 15.1. The van der Waals surface area contributed by atoms with Crippen molar-refractivity contribution >= 4 is 27.8 Å². The van der Waals surface area contributed by atoms with Crippen LogP contribution in [0.3, 0.4) is 0 Å². The van der Waals surface area contributed by atoms with E-state index in [2.05, 4.69) is 220 Å². The van der Waals surface area contributed by atoms with Crippen molar-refractivity contribution in [3.05, 3.63) is 233 Å². The second-order valence-electron chi connectivity index (χ2n) is 17.0. The Kier molecular flexibility index (Phi) is 7.24. The third-order valence-electron chi connectivity index (χ3n) is 13.9. The Labute approximate surface area is 346 Å². The van der Waals surface area contributed by atoms with Gasteiger partial charge in [0.2, 0.25) is 0 Å². The van der Waals surface area contributed by atoms with E-state index in [0.29, 0.717) is 0 Å². The average molecular weight is 754 g/mol. The summed E-state index contributed by atoms with van der Waals surface area (Å²) in [6, 6.07) is 73.3. The van der Waals surface area contributed by atoms with Crippen molar-refractivity contribution < 1.29 is 0 Å². The summed E-state index contributed by atoms with van der Waals surface area (Å²) in [6.45, 7) is 7.08. The largest absolute Gasteiger partial charge is 0.309 e. The van der Waals surface area contributed by atoms with E-state index < -0.39 is 5.41 Å². The fourth-order valence-electron chi connectivity index (χ4n) is 11.4. The van der Waals surface area contributed by atoms with Crippen LogP contribution in [0.15, 0.2) is 194 Å². The van der Waals surface area contributed by atoms with Crippen molar-refractivity contribution in [2.24, 2.45) is 0 Å². The maximum absolute atomic E-state index is 2.57. The molecule has 0 aliphatic heterocycles. The topological polar surface area (TPSA) is 3.24 Å². The Morgan fingerprint density at radius 1 is 0.424 bits per heavy atom. The molecule has 0 aromatic heterocycles. The molecular weight excluding hydrogens is 711 g/mol. The molecule has 0 radical (unpaired) electrons. The van der Waals surface area contributed by atoms with Gasteiger partial charge >= 0.3 is 0 Å². The van der Waals surface area contributed by atoms with Gasteiger partial charge in [-0.3, -0.25) is 0 Å². The van der Waals surface area contributed by atoms with Crippen LogP contribution < -0.4 is 4.90 Å². The molecule has 1 heteroatoms. The number of fused-ring (bicyclic) bond motifs is 12. The van der Waals surface area contributed by atoms with Crippen molar-refractivity contribution in [2.45, 2.75) is 38.0 Å². The van der Waals surface area contributed by atoms with Crippen LogP contribution in [0.1, 0.15) is 59.7 Å². The number of anilines is 3. The van der Waals surface area contributed by atoms with Gasteiger partial charge in [-0.1, -0.05) is 191 Å². The fourth-order valence-corrected chi connectivity index (χ4v) is 11.4. The number of hydrogen-bond acceptors (Lipinski definition) is 1. The standard InChI is InChI=1S/C58H43N/c1-4-37-32-33-39-20-16-25-45-43-23-9-14-28-49(43)58(56(37)54(39)45)48-27-13-8-22-42(48)44-35-34-40(36-51(44)58)59(52-30-15-11-21-41(52)38-18-6-5-7-19-38)53-31-17-29-50-55(53)46-24-10-12-26-47(46)57(50,2)3/h5-36H,4H2,1-3H3. The van der Waals surface area contributed by atoms with Gasteiger partial charge in [-0.15, -0.1) is 0 Å². The smallest absolute Gasteiger partial charge is 0.0729 e. The van der Waals surface area contributed by atoms with Crippen LogP contribution in [0.4, 0.5) is 17.1 Å². The zero-order valence-corrected chi connectivity index (χ0v) is 33.6. The molecule has 0 bridgehead atoms. The number of aryl methyl sites for hydroxylation is 1. The minimum Gasteiger partial charge on any atom is -0.309 e. The quantitative estimate of drug-likeness (QED) is 0.169. The Balaban J connectivity index is 1.22. The van der Waals surface area contributed by atoms with Crippen LogP contribution in [0, 0.1) is 0 Å². The predicted octanol–water partition coefficient (Wildman–Crippen LogP) is 15.2. The summed E-state index contributed by atoms with van der Waals surface area (Å²) in [7, 11) is 0. The van der Waals surface area contributed by atoms with E-state index in [1.165, 1.54) is 99.9 Å². The molecule has 3 aliphatic carbocycles. The lowest BCUT2D eigenvalue weighted by Crippen LogP contribution is -2.33. The molecule has 1 spiro atoms. The molecule has 1 nitrogen and oxygen atoms in total. The van der Waals surface area contributed by atoms with Crippen LogP contribution in [0.2, 0.25) is 0 Å². The van der Waals surface area contributed by atoms with Gasteiger partial charge in [0.1, 0.15) is 0 Å². The fraction of sp³-hybridized carbons (Fsp3) is 0.103. The van der Waals surface area contributed by atoms with Gasteiger partial charge < -0.3 is 4.90 Å². The predicted molar refractivity (Wildman–Crippen MR) is 247 cm³/mol. The van der Waals surface area contributed by atoms with Gasteiger partial charge in [0.15, 0.2) is 0 Å². The summed E-state index contributed by atoms with van der Waals surface area (Å²) in [5, 5.41) is 2.68. The maximum Gasteiger partial charge on any atom is 0.0729 e. The maximum atomic E-state index is 2.57. The molecular formula is C58H43N. The molecule has 1 atom stereocenters. The summed E-state index contributed by atoms with van der Waals surface area (Å²) < 4.78 is 0. The highest BCUT2D eigenvalue weighted by molar-refractivity contribution is 6.08. The van der Waals surface area contributed by atoms with Crippen molar-refractivity contribution in [3.63, 3.8) is 0 Å². The second kappa shape index (κ2) is 12.5. The van der Waals surface area contributed by atoms with Gasteiger partial charge in [-0.05, 0) is 114 Å². The summed E-state index contributed by atoms with van der Waals surface area (Å²) in [4.78, 5) is 2.57. The Bertz CT molecular complexity index is 3190. The lowest BCUT2D eigenvalue weighted by molar-refractivity contribution is 0.660. The van der Waals surface area contributed by atoms with Crippen molar-refractivity contribution in [3.8, 4) is 44.5 Å². The molecule has 0 saturated heterocycles. The minimum absolute atomic E-state index is 0.134. The second-order valence-corrected chi connectivity index (χ2v) is 17.0. The summed E-state index contributed by atoms with van der Waals surface area (Å²) in [5.74, 6) is 0. The first-order chi connectivity index (χ1) is 29.0. The van der Waals surface area contributed by atoms with Crippen LogP contribution in [0.25, 0.3) is 55.3 Å².